The van der Waals surface area contributed by atoms with Crippen LogP contribution in [0.25, 0.3) is 0 Å². The summed E-state index contributed by atoms with van der Waals surface area (Å²) < 4.78 is 13.5. The van der Waals surface area contributed by atoms with Gasteiger partial charge in [0.15, 0.2) is 5.78 Å². The quantitative estimate of drug-likeness (QED) is 0.786. The average molecular weight is 343 g/mol. The Balaban J connectivity index is 1.76. The van der Waals surface area contributed by atoms with Crippen molar-refractivity contribution in [3.63, 3.8) is 0 Å². The fourth-order valence-electron chi connectivity index (χ4n) is 4.46. The maximum Gasteiger partial charge on any atom is 0.248 e. The number of hydrogen-bond acceptors (Lipinski definition) is 2. The highest BCUT2D eigenvalue weighted by Gasteiger charge is 2.37. The van der Waals surface area contributed by atoms with Gasteiger partial charge >= 0.3 is 0 Å². The van der Waals surface area contributed by atoms with E-state index in [2.05, 4.69) is 26.1 Å². The maximum atomic E-state index is 13.5. The molecule has 4 heteroatoms. The number of nitrogens with one attached hydrogen (secondary N) is 1. The molecule has 1 heterocycles. The predicted octanol–water partition coefficient (Wildman–Crippen LogP) is 4.04. The number of halogens is 1. The van der Waals surface area contributed by atoms with Crippen LogP contribution in [0, 0.1) is 23.2 Å². The molecule has 4 atom stereocenters. The van der Waals surface area contributed by atoms with E-state index in [4.69, 9.17) is 0 Å². The number of ketones is 1. The minimum atomic E-state index is -0.403. The number of allylic oxidation sites excluding steroid dienone is 5. The Bertz CT molecular complexity index is 699. The van der Waals surface area contributed by atoms with Crippen molar-refractivity contribution < 1.29 is 14.0 Å². The topological polar surface area (TPSA) is 46.2 Å². The van der Waals surface area contributed by atoms with Crippen LogP contribution in [0.5, 0.6) is 0 Å². The zero-order valence-electron chi connectivity index (χ0n) is 15.1. The fraction of sp³-hybridized carbons (Fsp3) is 0.524. The van der Waals surface area contributed by atoms with Crippen LogP contribution in [0.15, 0.2) is 47.9 Å². The summed E-state index contributed by atoms with van der Waals surface area (Å²) in [4.78, 5) is 24.5. The highest BCUT2D eigenvalue weighted by Crippen LogP contribution is 2.44. The highest BCUT2D eigenvalue weighted by atomic mass is 19.1. The Morgan fingerprint density at radius 2 is 2.16 bits per heavy atom. The molecule has 0 radical (unpaired) electrons. The molecule has 0 spiro atoms. The summed E-state index contributed by atoms with van der Waals surface area (Å²) in [5.74, 6) is -0.380. The molecule has 134 valence electrons. The summed E-state index contributed by atoms with van der Waals surface area (Å²) in [5.41, 5.74) is 0.521. The zero-order valence-corrected chi connectivity index (χ0v) is 15.1. The van der Waals surface area contributed by atoms with Crippen LogP contribution in [-0.4, -0.2) is 17.7 Å². The van der Waals surface area contributed by atoms with Crippen LogP contribution in [0.2, 0.25) is 0 Å². The molecule has 2 fully saturated rings. The van der Waals surface area contributed by atoms with Crippen LogP contribution < -0.4 is 5.32 Å². The molecule has 0 aromatic carbocycles. The van der Waals surface area contributed by atoms with E-state index in [-0.39, 0.29) is 29.0 Å². The fourth-order valence-corrected chi connectivity index (χ4v) is 4.46. The summed E-state index contributed by atoms with van der Waals surface area (Å²) >= 11 is 0. The van der Waals surface area contributed by atoms with Crippen LogP contribution in [-0.2, 0) is 9.59 Å². The monoisotopic (exact) mass is 343 g/mol. The number of hydrogen-bond donors (Lipinski definition) is 1. The number of amides is 1. The van der Waals surface area contributed by atoms with E-state index in [0.717, 1.165) is 6.42 Å². The van der Waals surface area contributed by atoms with Gasteiger partial charge in [0.2, 0.25) is 5.91 Å². The second kappa shape index (κ2) is 6.74. The Hall–Kier alpha value is -1.97. The van der Waals surface area contributed by atoms with E-state index < -0.39 is 5.92 Å². The lowest BCUT2D eigenvalue weighted by atomic mass is 9.64. The van der Waals surface area contributed by atoms with Gasteiger partial charge in [0, 0.05) is 11.5 Å². The standard InChI is InChI=1S/C21H26FNO2/c1-13-5-4-10-21(2,3)18(13)8-7-15(24)12-17-16-11-14(22)6-9-19(16)23-20(17)25/h6-9,11-13,16,18-19H,4-5,10H2,1-3H3,(H,23,25)/b8-7+,17-12+. The lowest BCUT2D eigenvalue weighted by molar-refractivity contribution is -0.117. The van der Waals surface area contributed by atoms with Gasteiger partial charge in [0.1, 0.15) is 5.83 Å². The summed E-state index contributed by atoms with van der Waals surface area (Å²) in [6.45, 7) is 6.73. The van der Waals surface area contributed by atoms with Crippen LogP contribution in [0.4, 0.5) is 4.39 Å². The van der Waals surface area contributed by atoms with Crippen molar-refractivity contribution in [3.05, 3.63) is 47.9 Å². The minimum Gasteiger partial charge on any atom is -0.345 e. The van der Waals surface area contributed by atoms with Gasteiger partial charge in [-0.3, -0.25) is 9.59 Å². The molecule has 0 aromatic heterocycles. The first-order chi connectivity index (χ1) is 11.8. The van der Waals surface area contributed by atoms with Crippen molar-refractivity contribution in [2.75, 3.05) is 0 Å². The third-order valence-electron chi connectivity index (χ3n) is 5.87. The number of fused-ring (bicyclic) bond motifs is 1. The minimum absolute atomic E-state index is 0.178. The SMILES string of the molecule is CC1CCCC(C)(C)C1/C=C/C(=O)/C=C1/C(=O)NC2C=CC(F)=CC12. The van der Waals surface area contributed by atoms with E-state index in [0.29, 0.717) is 17.4 Å². The van der Waals surface area contributed by atoms with Crippen molar-refractivity contribution in [1.29, 1.82) is 0 Å². The number of rotatable bonds is 3. The van der Waals surface area contributed by atoms with Gasteiger partial charge in [-0.25, -0.2) is 4.39 Å². The van der Waals surface area contributed by atoms with Gasteiger partial charge in [0.05, 0.1) is 6.04 Å². The first-order valence-corrected chi connectivity index (χ1v) is 9.08. The average Bonchev–Trinajstić information content (AvgIpc) is 2.82. The van der Waals surface area contributed by atoms with Crippen LogP contribution in [0.1, 0.15) is 40.0 Å². The molecule has 4 unspecified atom stereocenters. The molecule has 1 N–H and O–H groups in total. The van der Waals surface area contributed by atoms with Gasteiger partial charge in [-0.2, -0.15) is 0 Å². The van der Waals surface area contributed by atoms with Crippen molar-refractivity contribution >= 4 is 11.7 Å². The molecular weight excluding hydrogens is 317 g/mol. The molecule has 0 aromatic rings. The lowest BCUT2D eigenvalue weighted by Crippen LogP contribution is -2.32. The molecule has 1 aliphatic heterocycles. The Morgan fingerprint density at radius 1 is 1.40 bits per heavy atom. The normalized spacial score (nSPS) is 35.6. The summed E-state index contributed by atoms with van der Waals surface area (Å²) in [6.07, 6.45) is 12.9. The summed E-state index contributed by atoms with van der Waals surface area (Å²) in [7, 11) is 0. The molecule has 1 saturated carbocycles. The van der Waals surface area contributed by atoms with Crippen LogP contribution in [0.3, 0.4) is 0 Å². The molecule has 3 rings (SSSR count). The summed E-state index contributed by atoms with van der Waals surface area (Å²) in [5, 5.41) is 2.78. The Labute approximate surface area is 148 Å². The smallest absolute Gasteiger partial charge is 0.248 e. The molecule has 2 aliphatic carbocycles. The third-order valence-corrected chi connectivity index (χ3v) is 5.87. The Kier molecular flexibility index (Phi) is 4.81. The highest BCUT2D eigenvalue weighted by molar-refractivity contribution is 6.08. The largest absolute Gasteiger partial charge is 0.345 e. The lowest BCUT2D eigenvalue weighted by Gasteiger charge is -2.41. The van der Waals surface area contributed by atoms with E-state index in [1.807, 2.05) is 6.08 Å². The Morgan fingerprint density at radius 3 is 2.88 bits per heavy atom. The van der Waals surface area contributed by atoms with Gasteiger partial charge < -0.3 is 5.32 Å². The van der Waals surface area contributed by atoms with Gasteiger partial charge in [-0.15, -0.1) is 0 Å². The van der Waals surface area contributed by atoms with E-state index in [9.17, 15) is 14.0 Å². The molecule has 25 heavy (non-hydrogen) atoms. The number of carbonyl (C=O) groups excluding carboxylic acids is 2. The molecule has 1 amide bonds. The summed E-state index contributed by atoms with van der Waals surface area (Å²) in [6, 6.07) is -0.257. The van der Waals surface area contributed by atoms with Crippen LogP contribution >= 0.6 is 0 Å². The van der Waals surface area contributed by atoms with E-state index in [1.165, 1.54) is 31.1 Å². The second-order valence-electron chi connectivity index (χ2n) is 8.18. The molecular formula is C21H26FNO2. The van der Waals surface area contributed by atoms with Crippen molar-refractivity contribution in [2.24, 2.45) is 23.2 Å². The van der Waals surface area contributed by atoms with E-state index in [1.54, 1.807) is 12.2 Å². The second-order valence-corrected chi connectivity index (χ2v) is 8.18. The van der Waals surface area contributed by atoms with Crippen molar-refractivity contribution in [1.82, 2.24) is 5.32 Å². The first-order valence-electron chi connectivity index (χ1n) is 9.08. The maximum absolute atomic E-state index is 13.5. The molecule has 3 nitrogen and oxygen atoms in total. The first kappa shape index (κ1) is 17.8. The molecule has 3 aliphatic rings. The van der Waals surface area contributed by atoms with Gasteiger partial charge in [-0.1, -0.05) is 45.8 Å². The zero-order chi connectivity index (χ0) is 18.2. The molecule has 0 bridgehead atoms. The van der Waals surface area contributed by atoms with Gasteiger partial charge in [0.25, 0.3) is 0 Å². The molecule has 1 saturated heterocycles. The third kappa shape index (κ3) is 3.68. The predicted molar refractivity (Wildman–Crippen MR) is 96.3 cm³/mol. The van der Waals surface area contributed by atoms with Crippen molar-refractivity contribution in [3.8, 4) is 0 Å². The number of carbonyl (C=O) groups is 2. The van der Waals surface area contributed by atoms with Crippen molar-refractivity contribution in [2.45, 2.75) is 46.1 Å². The van der Waals surface area contributed by atoms with Gasteiger partial charge in [-0.05, 0) is 48.0 Å². The van der Waals surface area contributed by atoms with E-state index >= 15 is 0 Å².